The zero-order chi connectivity index (χ0) is 13.9. The number of benzene rings is 1. The van der Waals surface area contributed by atoms with E-state index in [1.807, 2.05) is 12.1 Å². The third-order valence-corrected chi connectivity index (χ3v) is 3.94. The fourth-order valence-electron chi connectivity index (χ4n) is 2.87. The van der Waals surface area contributed by atoms with Gasteiger partial charge < -0.3 is 15.4 Å². The summed E-state index contributed by atoms with van der Waals surface area (Å²) in [5, 5.41) is 1.10. The zero-order valence-corrected chi connectivity index (χ0v) is 11.9. The second kappa shape index (κ2) is 5.67. The van der Waals surface area contributed by atoms with Crippen LogP contribution in [0.1, 0.15) is 19.3 Å². The number of nitrogens with zero attached hydrogens (tertiary/aromatic N) is 2. The summed E-state index contributed by atoms with van der Waals surface area (Å²) >= 11 is 0. The fourth-order valence-corrected chi connectivity index (χ4v) is 2.87. The predicted octanol–water partition coefficient (Wildman–Crippen LogP) is 2.82. The molecule has 0 saturated carbocycles. The van der Waals surface area contributed by atoms with Crippen molar-refractivity contribution in [1.82, 2.24) is 4.98 Å². The van der Waals surface area contributed by atoms with Crippen molar-refractivity contribution >= 4 is 22.3 Å². The maximum Gasteiger partial charge on any atom is 0.0951 e. The molecule has 4 nitrogen and oxygen atoms in total. The Bertz CT molecular complexity index is 593. The van der Waals surface area contributed by atoms with Crippen LogP contribution < -0.4 is 10.6 Å². The van der Waals surface area contributed by atoms with E-state index >= 15 is 0 Å². The van der Waals surface area contributed by atoms with Crippen molar-refractivity contribution in [3.05, 3.63) is 30.5 Å². The summed E-state index contributed by atoms with van der Waals surface area (Å²) in [5.74, 6) is 0. The molecule has 1 saturated heterocycles. The number of likely N-dealkylation sites (N-methyl/N-ethyl adjacent to an activating group) is 1. The third kappa shape index (κ3) is 2.56. The number of fused-ring (bicyclic) bond motifs is 1. The molecule has 2 N–H and O–H groups in total. The Hall–Kier alpha value is -1.81. The molecule has 4 heteroatoms. The number of nitrogens with two attached hydrogens (primary N) is 1. The fraction of sp³-hybridized carbons (Fsp3) is 0.438. The highest BCUT2D eigenvalue weighted by Crippen LogP contribution is 2.29. The van der Waals surface area contributed by atoms with E-state index in [2.05, 4.69) is 29.1 Å². The molecule has 1 aromatic heterocycles. The lowest BCUT2D eigenvalue weighted by Gasteiger charge is -2.29. The van der Waals surface area contributed by atoms with Crippen LogP contribution in [0.3, 0.4) is 0 Å². The lowest BCUT2D eigenvalue weighted by atomic mass is 10.1. The molecule has 1 aliphatic rings. The van der Waals surface area contributed by atoms with E-state index < -0.39 is 0 Å². The van der Waals surface area contributed by atoms with Crippen LogP contribution >= 0.6 is 0 Å². The summed E-state index contributed by atoms with van der Waals surface area (Å²) in [6.45, 7) is 1.80. The van der Waals surface area contributed by atoms with Crippen LogP contribution in [0.15, 0.2) is 30.5 Å². The number of pyridine rings is 1. The molecule has 2 aromatic rings. The summed E-state index contributed by atoms with van der Waals surface area (Å²) in [5.41, 5.74) is 8.77. The average Bonchev–Trinajstić information content (AvgIpc) is 2.49. The maximum atomic E-state index is 6.00. The molecule has 0 spiro atoms. The molecule has 106 valence electrons. The minimum atomic E-state index is 0.332. The molecule has 0 amide bonds. The maximum absolute atomic E-state index is 6.00. The zero-order valence-electron chi connectivity index (χ0n) is 11.9. The molecular weight excluding hydrogens is 250 g/mol. The normalized spacial score (nSPS) is 19.1. The third-order valence-electron chi connectivity index (χ3n) is 3.94. The monoisotopic (exact) mass is 271 g/mol. The Morgan fingerprint density at radius 2 is 2.25 bits per heavy atom. The van der Waals surface area contributed by atoms with Gasteiger partial charge in [-0.05, 0) is 43.5 Å². The van der Waals surface area contributed by atoms with E-state index in [-0.39, 0.29) is 0 Å². The van der Waals surface area contributed by atoms with Gasteiger partial charge >= 0.3 is 0 Å². The van der Waals surface area contributed by atoms with Crippen molar-refractivity contribution in [2.45, 2.75) is 25.4 Å². The summed E-state index contributed by atoms with van der Waals surface area (Å²) < 4.78 is 5.82. The molecule has 1 fully saturated rings. The largest absolute Gasteiger partial charge is 0.397 e. The van der Waals surface area contributed by atoms with Gasteiger partial charge in [-0.1, -0.05) is 0 Å². The molecule has 1 unspecified atom stereocenters. The van der Waals surface area contributed by atoms with E-state index in [1.54, 1.807) is 6.20 Å². The SMILES string of the molecule is CN(CC1CCCCO1)c1ccc(N)c2ncccc12. The summed E-state index contributed by atoms with van der Waals surface area (Å²) in [4.78, 5) is 6.64. The number of nitrogen functional groups attached to an aromatic ring is 1. The summed E-state index contributed by atoms with van der Waals surface area (Å²) in [6.07, 6.45) is 5.72. The van der Waals surface area contributed by atoms with Gasteiger partial charge in [0.15, 0.2) is 0 Å². The van der Waals surface area contributed by atoms with E-state index in [0.29, 0.717) is 6.10 Å². The molecule has 20 heavy (non-hydrogen) atoms. The lowest BCUT2D eigenvalue weighted by Crippen LogP contribution is -2.33. The van der Waals surface area contributed by atoms with E-state index in [0.717, 1.165) is 41.9 Å². The highest BCUT2D eigenvalue weighted by atomic mass is 16.5. The van der Waals surface area contributed by atoms with Crippen molar-refractivity contribution in [3.8, 4) is 0 Å². The minimum absolute atomic E-state index is 0.332. The topological polar surface area (TPSA) is 51.4 Å². The van der Waals surface area contributed by atoms with Crippen LogP contribution in [0, 0.1) is 0 Å². The molecule has 1 aliphatic heterocycles. The van der Waals surface area contributed by atoms with Crippen LogP contribution in [0.4, 0.5) is 11.4 Å². The number of anilines is 2. The molecule has 3 rings (SSSR count). The first kappa shape index (κ1) is 13.2. The van der Waals surface area contributed by atoms with Gasteiger partial charge in [0.05, 0.1) is 17.3 Å². The van der Waals surface area contributed by atoms with Crippen LogP contribution in [0.5, 0.6) is 0 Å². The molecule has 1 aromatic carbocycles. The molecular formula is C16H21N3O. The molecule has 0 aliphatic carbocycles. The predicted molar refractivity (Wildman–Crippen MR) is 83.0 cm³/mol. The van der Waals surface area contributed by atoms with Crippen molar-refractivity contribution in [1.29, 1.82) is 0 Å². The number of ether oxygens (including phenoxy) is 1. The second-order valence-corrected chi connectivity index (χ2v) is 5.44. The van der Waals surface area contributed by atoms with Crippen molar-refractivity contribution in [3.63, 3.8) is 0 Å². The Morgan fingerprint density at radius 1 is 1.35 bits per heavy atom. The van der Waals surface area contributed by atoms with Crippen LogP contribution in [0.25, 0.3) is 10.9 Å². The first-order chi connectivity index (χ1) is 9.75. The van der Waals surface area contributed by atoms with Crippen molar-refractivity contribution in [2.75, 3.05) is 30.8 Å². The Kier molecular flexibility index (Phi) is 3.74. The number of hydrogen-bond acceptors (Lipinski definition) is 4. The number of rotatable bonds is 3. The van der Waals surface area contributed by atoms with Crippen molar-refractivity contribution < 1.29 is 4.74 Å². The van der Waals surface area contributed by atoms with E-state index in [4.69, 9.17) is 10.5 Å². The smallest absolute Gasteiger partial charge is 0.0951 e. The molecule has 0 radical (unpaired) electrons. The quantitative estimate of drug-likeness (QED) is 0.872. The number of aromatic nitrogens is 1. The highest BCUT2D eigenvalue weighted by molar-refractivity contribution is 5.98. The number of hydrogen-bond donors (Lipinski definition) is 1. The van der Waals surface area contributed by atoms with Crippen LogP contribution in [0.2, 0.25) is 0 Å². The standard InChI is InChI=1S/C16H21N3O/c1-19(11-12-5-2-3-10-20-12)15-8-7-14(17)16-13(15)6-4-9-18-16/h4,6-9,12H,2-3,5,10-11,17H2,1H3. The molecule has 1 atom stereocenters. The average molecular weight is 271 g/mol. The lowest BCUT2D eigenvalue weighted by molar-refractivity contribution is 0.0216. The molecule has 2 heterocycles. The first-order valence-electron chi connectivity index (χ1n) is 7.21. The minimum Gasteiger partial charge on any atom is -0.397 e. The van der Waals surface area contributed by atoms with E-state index in [9.17, 15) is 0 Å². The van der Waals surface area contributed by atoms with E-state index in [1.165, 1.54) is 12.8 Å². The van der Waals surface area contributed by atoms with Gasteiger partial charge in [-0.25, -0.2) is 0 Å². The summed E-state index contributed by atoms with van der Waals surface area (Å²) in [6, 6.07) is 8.04. The molecule has 0 bridgehead atoms. The van der Waals surface area contributed by atoms with Crippen molar-refractivity contribution in [2.24, 2.45) is 0 Å². The highest BCUT2D eigenvalue weighted by Gasteiger charge is 2.17. The Morgan fingerprint density at radius 3 is 3.05 bits per heavy atom. The van der Waals surface area contributed by atoms with Crippen LogP contribution in [-0.2, 0) is 4.74 Å². The van der Waals surface area contributed by atoms with Gasteiger partial charge in [-0.15, -0.1) is 0 Å². The second-order valence-electron chi connectivity index (χ2n) is 5.44. The van der Waals surface area contributed by atoms with Gasteiger partial charge in [0, 0.05) is 37.5 Å². The summed E-state index contributed by atoms with van der Waals surface area (Å²) in [7, 11) is 2.11. The van der Waals surface area contributed by atoms with Gasteiger partial charge in [0.1, 0.15) is 0 Å². The van der Waals surface area contributed by atoms with Gasteiger partial charge in [0.25, 0.3) is 0 Å². The Labute approximate surface area is 119 Å². The van der Waals surface area contributed by atoms with Crippen LogP contribution in [-0.4, -0.2) is 31.3 Å². The van der Waals surface area contributed by atoms with Gasteiger partial charge in [-0.3, -0.25) is 4.98 Å². The first-order valence-corrected chi connectivity index (χ1v) is 7.21. The Balaban J connectivity index is 1.87. The van der Waals surface area contributed by atoms with Gasteiger partial charge in [-0.2, -0.15) is 0 Å². The van der Waals surface area contributed by atoms with Gasteiger partial charge in [0.2, 0.25) is 0 Å².